The molecule has 2 amide bonds. The number of hydrogen-bond donors (Lipinski definition) is 3. The van der Waals surface area contributed by atoms with Gasteiger partial charge < -0.3 is 20.5 Å². The van der Waals surface area contributed by atoms with E-state index in [4.69, 9.17) is 4.74 Å². The van der Waals surface area contributed by atoms with Gasteiger partial charge in [-0.2, -0.15) is 18.4 Å². The molecule has 40 heavy (non-hydrogen) atoms. The van der Waals surface area contributed by atoms with Crippen molar-refractivity contribution in [2.24, 2.45) is 0 Å². The summed E-state index contributed by atoms with van der Waals surface area (Å²) >= 11 is 0. The second-order valence-corrected chi connectivity index (χ2v) is 10.3. The number of likely N-dealkylation sites (tertiary alicyclic amines) is 1. The highest BCUT2D eigenvalue weighted by atomic mass is 19.4. The Balaban J connectivity index is 1.31. The van der Waals surface area contributed by atoms with Gasteiger partial charge >= 0.3 is 6.18 Å². The van der Waals surface area contributed by atoms with Crippen molar-refractivity contribution < 1.29 is 32.6 Å². The molecule has 2 aromatic carbocycles. The van der Waals surface area contributed by atoms with E-state index in [2.05, 4.69) is 21.6 Å². The minimum absolute atomic E-state index is 0.182. The molecule has 1 saturated heterocycles. The van der Waals surface area contributed by atoms with E-state index in [1.54, 1.807) is 18.2 Å². The van der Waals surface area contributed by atoms with Crippen LogP contribution in [-0.4, -0.2) is 66.2 Å². The van der Waals surface area contributed by atoms with Gasteiger partial charge in [-0.1, -0.05) is 18.2 Å². The highest BCUT2D eigenvalue weighted by Crippen LogP contribution is 2.39. The summed E-state index contributed by atoms with van der Waals surface area (Å²) in [5, 5.41) is 25.8. The lowest BCUT2D eigenvalue weighted by Gasteiger charge is -2.40. The van der Waals surface area contributed by atoms with Crippen molar-refractivity contribution in [1.82, 2.24) is 15.5 Å². The number of nitrogens with zero attached hydrogens (tertiary/aromatic N) is 2. The van der Waals surface area contributed by atoms with Gasteiger partial charge in [0.1, 0.15) is 0 Å². The lowest BCUT2D eigenvalue weighted by Crippen LogP contribution is -2.48. The number of carbonyl (C=O) groups excluding carboxylic acids is 2. The molecule has 0 aromatic heterocycles. The van der Waals surface area contributed by atoms with E-state index in [0.717, 1.165) is 36.6 Å². The molecule has 1 saturated carbocycles. The minimum atomic E-state index is -4.57. The number of hydrogen-bond acceptors (Lipinski definition) is 6. The lowest BCUT2D eigenvalue weighted by molar-refractivity contribution is -0.137. The Hall–Kier alpha value is -3.46. The first-order valence-corrected chi connectivity index (χ1v) is 13.4. The Bertz CT molecular complexity index is 1250. The summed E-state index contributed by atoms with van der Waals surface area (Å²) in [6.07, 6.45) is -2.28. The van der Waals surface area contributed by atoms with Crippen LogP contribution in [0.4, 0.5) is 13.2 Å². The van der Waals surface area contributed by atoms with Crippen molar-refractivity contribution in [3.63, 3.8) is 0 Å². The molecule has 8 nitrogen and oxygen atoms in total. The molecule has 1 heterocycles. The van der Waals surface area contributed by atoms with Gasteiger partial charge in [0.15, 0.2) is 0 Å². The van der Waals surface area contributed by atoms with Gasteiger partial charge in [-0.3, -0.25) is 14.5 Å². The van der Waals surface area contributed by atoms with Crippen molar-refractivity contribution in [3.8, 4) is 6.07 Å². The third kappa shape index (κ3) is 6.99. The standard InChI is InChI=1S/C29H33F3N4O4/c1-2-40-25-18-36(23-9-11-28(39,12-10-23)21-7-3-5-19(13-21)15-33)17-24(25)35-26(37)16-34-27(38)20-6-4-8-22(14-20)29(30,31)32/h3-8,13-14,23-25,39H,2,9-12,16-18H2,1H3,(H,34,38)(H,35,37)/t23?,24-,25+,28?/m0/s1. The van der Waals surface area contributed by atoms with Crippen LogP contribution in [0.1, 0.15) is 59.7 Å². The van der Waals surface area contributed by atoms with Crippen LogP contribution < -0.4 is 10.6 Å². The van der Waals surface area contributed by atoms with Gasteiger partial charge in [0.2, 0.25) is 5.91 Å². The Kier molecular flexibility index (Phi) is 9.13. The quantitative estimate of drug-likeness (QED) is 0.458. The summed E-state index contributed by atoms with van der Waals surface area (Å²) < 4.78 is 44.7. The lowest BCUT2D eigenvalue weighted by atomic mass is 9.77. The fraction of sp³-hybridized carbons (Fsp3) is 0.483. The first kappa shape index (κ1) is 29.5. The maximum atomic E-state index is 12.9. The predicted molar refractivity (Wildman–Crippen MR) is 140 cm³/mol. The first-order valence-electron chi connectivity index (χ1n) is 13.4. The van der Waals surface area contributed by atoms with E-state index >= 15 is 0 Å². The Labute approximate surface area is 231 Å². The number of nitrogens with one attached hydrogen (secondary N) is 2. The van der Waals surface area contributed by atoms with E-state index in [0.29, 0.717) is 38.1 Å². The fourth-order valence-electron chi connectivity index (χ4n) is 5.59. The number of amides is 2. The summed E-state index contributed by atoms with van der Waals surface area (Å²) in [6.45, 7) is 3.07. The normalized spacial score (nSPS) is 25.2. The van der Waals surface area contributed by atoms with E-state index in [-0.39, 0.29) is 30.3 Å². The molecule has 0 radical (unpaired) electrons. The second kappa shape index (κ2) is 12.4. The number of benzene rings is 2. The smallest absolute Gasteiger partial charge is 0.385 e. The molecule has 2 aromatic rings. The predicted octanol–water partition coefficient (Wildman–Crippen LogP) is 3.34. The van der Waals surface area contributed by atoms with Crippen LogP contribution >= 0.6 is 0 Å². The van der Waals surface area contributed by atoms with E-state index < -0.39 is 29.2 Å². The highest BCUT2D eigenvalue weighted by molar-refractivity contribution is 5.96. The second-order valence-electron chi connectivity index (χ2n) is 10.3. The van der Waals surface area contributed by atoms with Crippen molar-refractivity contribution >= 4 is 11.8 Å². The van der Waals surface area contributed by atoms with Crippen LogP contribution in [0.25, 0.3) is 0 Å². The SMILES string of the molecule is CCO[C@@H]1CN(C2CCC(O)(c3cccc(C#N)c3)CC2)C[C@@H]1NC(=O)CNC(=O)c1cccc(C(F)(F)F)c1. The fourth-order valence-corrected chi connectivity index (χ4v) is 5.59. The maximum absolute atomic E-state index is 12.9. The number of alkyl halides is 3. The molecule has 0 unspecified atom stereocenters. The van der Waals surface area contributed by atoms with Gasteiger partial charge in [0.05, 0.1) is 41.5 Å². The molecule has 1 aliphatic heterocycles. The highest BCUT2D eigenvalue weighted by Gasteiger charge is 2.42. The van der Waals surface area contributed by atoms with E-state index in [1.807, 2.05) is 13.0 Å². The average Bonchev–Trinajstić information content (AvgIpc) is 3.33. The largest absolute Gasteiger partial charge is 0.416 e. The van der Waals surface area contributed by atoms with Gasteiger partial charge in [-0.05, 0) is 68.5 Å². The van der Waals surface area contributed by atoms with Crippen LogP contribution in [0, 0.1) is 11.3 Å². The summed E-state index contributed by atoms with van der Waals surface area (Å²) in [5.74, 6) is -1.24. The van der Waals surface area contributed by atoms with Crippen LogP contribution in [0.5, 0.6) is 0 Å². The zero-order valence-electron chi connectivity index (χ0n) is 22.2. The number of nitriles is 1. The zero-order valence-corrected chi connectivity index (χ0v) is 22.2. The van der Waals surface area contributed by atoms with Crippen molar-refractivity contribution in [3.05, 3.63) is 70.8 Å². The molecule has 0 bridgehead atoms. The number of halogens is 3. The Morgan fingerprint density at radius 2 is 1.88 bits per heavy atom. The van der Waals surface area contributed by atoms with Crippen LogP contribution in [0.2, 0.25) is 0 Å². The third-order valence-electron chi connectivity index (χ3n) is 7.71. The van der Waals surface area contributed by atoms with Crippen LogP contribution in [-0.2, 0) is 21.3 Å². The van der Waals surface area contributed by atoms with E-state index in [9.17, 15) is 33.1 Å². The first-order chi connectivity index (χ1) is 19.0. The van der Waals surface area contributed by atoms with Crippen molar-refractivity contribution in [1.29, 1.82) is 5.26 Å². The molecule has 2 aliphatic rings. The van der Waals surface area contributed by atoms with Gasteiger partial charge in [0.25, 0.3) is 5.91 Å². The molecule has 3 N–H and O–H groups in total. The summed E-state index contributed by atoms with van der Waals surface area (Å²) in [7, 11) is 0. The third-order valence-corrected chi connectivity index (χ3v) is 7.71. The summed E-state index contributed by atoms with van der Waals surface area (Å²) in [5.41, 5.74) is -0.855. The average molecular weight is 559 g/mol. The number of rotatable bonds is 8. The van der Waals surface area contributed by atoms with Crippen LogP contribution in [0.3, 0.4) is 0 Å². The molecule has 4 rings (SSSR count). The molecule has 214 valence electrons. The monoisotopic (exact) mass is 558 g/mol. The van der Waals surface area contributed by atoms with Gasteiger partial charge in [-0.15, -0.1) is 0 Å². The molecule has 0 spiro atoms. The molecular formula is C29H33F3N4O4. The molecule has 2 atom stereocenters. The Morgan fingerprint density at radius 3 is 2.55 bits per heavy atom. The molecule has 2 fully saturated rings. The molecule has 1 aliphatic carbocycles. The van der Waals surface area contributed by atoms with Crippen molar-refractivity contribution in [2.45, 2.75) is 62.6 Å². The van der Waals surface area contributed by atoms with Crippen LogP contribution in [0.15, 0.2) is 48.5 Å². The molecule has 11 heteroatoms. The van der Waals surface area contributed by atoms with Gasteiger partial charge in [0, 0.05) is 31.3 Å². The summed E-state index contributed by atoms with van der Waals surface area (Å²) in [6, 6.07) is 13.1. The Morgan fingerprint density at radius 1 is 1.15 bits per heavy atom. The maximum Gasteiger partial charge on any atom is 0.416 e. The number of aliphatic hydroxyl groups is 1. The number of ether oxygens (including phenoxy) is 1. The summed E-state index contributed by atoms with van der Waals surface area (Å²) in [4.78, 5) is 27.3. The van der Waals surface area contributed by atoms with Crippen molar-refractivity contribution in [2.75, 3.05) is 26.2 Å². The topological polar surface area (TPSA) is 115 Å². The minimum Gasteiger partial charge on any atom is -0.385 e. The van der Waals surface area contributed by atoms with Gasteiger partial charge in [-0.25, -0.2) is 0 Å². The van der Waals surface area contributed by atoms with E-state index in [1.165, 1.54) is 6.07 Å². The zero-order chi connectivity index (χ0) is 28.9. The number of carbonyl (C=O) groups is 2. The molecular weight excluding hydrogens is 525 g/mol.